The first-order valence-electron chi connectivity index (χ1n) is 9.02. The third-order valence-corrected chi connectivity index (χ3v) is 8.39. The van der Waals surface area contributed by atoms with E-state index >= 15 is 0 Å². The van der Waals surface area contributed by atoms with Crippen LogP contribution in [0.5, 0.6) is 5.75 Å². The second-order valence-electron chi connectivity index (χ2n) is 6.56. The lowest BCUT2D eigenvalue weighted by atomic mass is 10.2. The van der Waals surface area contributed by atoms with Crippen LogP contribution >= 0.6 is 12.2 Å². The number of hydrogen-bond donors (Lipinski definition) is 1. The molecule has 0 atom stereocenters. The molecule has 0 unspecified atom stereocenters. The van der Waals surface area contributed by atoms with Gasteiger partial charge in [-0.3, -0.25) is 0 Å². The summed E-state index contributed by atoms with van der Waals surface area (Å²) in [5.41, 5.74) is 6.90. The Morgan fingerprint density at radius 2 is 1.74 bits per heavy atom. The molecule has 2 rings (SSSR count). The third-order valence-electron chi connectivity index (χ3n) is 4.51. The van der Waals surface area contributed by atoms with Gasteiger partial charge in [-0.05, 0) is 43.9 Å². The van der Waals surface area contributed by atoms with Gasteiger partial charge < -0.3 is 15.2 Å². The van der Waals surface area contributed by atoms with Gasteiger partial charge in [-0.2, -0.15) is 0 Å². The van der Waals surface area contributed by atoms with Crippen molar-refractivity contribution in [2.45, 2.75) is 23.6 Å². The predicted molar refractivity (Wildman–Crippen MR) is 123 cm³/mol. The topological polar surface area (TPSA) is 116 Å². The molecule has 168 valence electrons. The Balaban J connectivity index is 2.37. The van der Waals surface area contributed by atoms with Crippen molar-refractivity contribution in [3.8, 4) is 5.75 Å². The highest BCUT2D eigenvalue weighted by Crippen LogP contribution is 2.31. The van der Waals surface area contributed by atoms with E-state index in [-0.39, 0.29) is 43.5 Å². The van der Waals surface area contributed by atoms with Crippen LogP contribution in [-0.4, -0.2) is 46.1 Å². The minimum Gasteiger partial charge on any atom is -0.496 e. The molecule has 0 aromatic heterocycles. The summed E-state index contributed by atoms with van der Waals surface area (Å²) >= 11 is 5.27. The van der Waals surface area contributed by atoms with Crippen LogP contribution in [0, 0.1) is 6.92 Å². The minimum absolute atomic E-state index is 0.00291. The maximum absolute atomic E-state index is 12.8. The highest BCUT2D eigenvalue weighted by Gasteiger charge is 2.26. The molecule has 0 aliphatic carbocycles. The number of nitrogens with two attached hydrogens (primary N) is 1. The number of benzene rings is 2. The Hall–Kier alpha value is -2.63. The zero-order valence-electron chi connectivity index (χ0n) is 17.6. The number of hydrogen-bond acceptors (Lipinski definition) is 8. The first-order valence-corrected chi connectivity index (χ1v) is 12.5. The monoisotopic (exact) mass is 484 g/mol. The molecule has 0 radical (unpaired) electrons. The van der Waals surface area contributed by atoms with E-state index in [1.807, 2.05) is 6.92 Å². The number of anilines is 1. The van der Waals surface area contributed by atoms with Gasteiger partial charge in [-0.15, -0.1) is 0 Å². The second-order valence-corrected chi connectivity index (χ2v) is 11.1. The summed E-state index contributed by atoms with van der Waals surface area (Å²) in [6.45, 7) is 6.97. The fourth-order valence-corrected chi connectivity index (χ4v) is 4.94. The van der Waals surface area contributed by atoms with Crippen LogP contribution < -0.4 is 10.5 Å². The number of sulfonamides is 1. The maximum atomic E-state index is 12.8. The Kier molecular flexibility index (Phi) is 7.35. The summed E-state index contributed by atoms with van der Waals surface area (Å²) in [6, 6.07) is 8.85. The quantitative estimate of drug-likeness (QED) is 0.345. The number of rotatable bonds is 8. The van der Waals surface area contributed by atoms with Gasteiger partial charge in [0.2, 0.25) is 10.9 Å². The van der Waals surface area contributed by atoms with Crippen LogP contribution in [0.2, 0.25) is 0 Å². The molecule has 0 amide bonds. The van der Waals surface area contributed by atoms with Gasteiger partial charge in [0, 0.05) is 13.1 Å². The number of methoxy groups -OCH3 is 1. The van der Waals surface area contributed by atoms with Gasteiger partial charge in [-0.1, -0.05) is 24.6 Å². The predicted octanol–water partition coefficient (Wildman–Crippen LogP) is 2.86. The number of nitrogens with zero attached hydrogens (tertiary/aromatic N) is 1. The van der Waals surface area contributed by atoms with Gasteiger partial charge in [0.25, 0.3) is 10.0 Å². The summed E-state index contributed by atoms with van der Waals surface area (Å²) in [7, 11) is -4.95. The van der Waals surface area contributed by atoms with Crippen molar-refractivity contribution in [2.75, 3.05) is 25.6 Å². The van der Waals surface area contributed by atoms with E-state index in [0.29, 0.717) is 0 Å². The van der Waals surface area contributed by atoms with Crippen LogP contribution in [0.1, 0.15) is 18.1 Å². The number of nitrogen functional groups attached to an aromatic ring is 1. The van der Waals surface area contributed by atoms with E-state index in [4.69, 9.17) is 27.4 Å². The maximum Gasteiger partial charge on any atom is 0.266 e. The van der Waals surface area contributed by atoms with E-state index in [9.17, 15) is 16.8 Å². The Labute approximate surface area is 188 Å². The molecule has 31 heavy (non-hydrogen) atoms. The molecule has 0 saturated heterocycles. The normalized spacial score (nSPS) is 11.6. The van der Waals surface area contributed by atoms with E-state index in [1.54, 1.807) is 12.1 Å². The molecule has 0 aliphatic heterocycles. The number of ether oxygens (including phenoxy) is 2. The fraction of sp³-hybridized carbons (Fsp3) is 0.250. The molecular weight excluding hydrogens is 460 g/mol. The molecule has 2 aromatic rings. The average Bonchev–Trinajstić information content (AvgIpc) is 2.72. The van der Waals surface area contributed by atoms with Crippen LogP contribution in [0.3, 0.4) is 0 Å². The van der Waals surface area contributed by atoms with Crippen molar-refractivity contribution in [1.29, 1.82) is 0 Å². The zero-order chi connectivity index (χ0) is 23.6. The standard InChI is InChI=1S/C20H24N2O6S3/c1-6-30(23,24)19-11-16(18(27-5)12-17(19)21)20(29)28-14(3)22(4)31(25,26)15-9-7-13(2)8-10-15/h7-12H,3,6,21H2,1-2,4-5H3. The Morgan fingerprint density at radius 3 is 2.26 bits per heavy atom. The zero-order valence-corrected chi connectivity index (χ0v) is 20.0. The molecule has 8 nitrogen and oxygen atoms in total. The largest absolute Gasteiger partial charge is 0.496 e. The van der Waals surface area contributed by atoms with Crippen molar-refractivity contribution in [3.05, 3.63) is 60.0 Å². The summed E-state index contributed by atoms with van der Waals surface area (Å²) in [5, 5.41) is -0.222. The third kappa shape index (κ3) is 5.17. The van der Waals surface area contributed by atoms with Crippen LogP contribution in [0.15, 0.2) is 58.7 Å². The van der Waals surface area contributed by atoms with Gasteiger partial charge in [0.05, 0.1) is 33.9 Å². The molecule has 0 aliphatic rings. The van der Waals surface area contributed by atoms with E-state index in [2.05, 4.69) is 6.58 Å². The Morgan fingerprint density at radius 1 is 1.16 bits per heavy atom. The molecule has 0 saturated carbocycles. The van der Waals surface area contributed by atoms with Crippen molar-refractivity contribution in [1.82, 2.24) is 4.31 Å². The first-order chi connectivity index (χ1) is 14.3. The number of thiocarbonyl (C=S) groups is 1. The average molecular weight is 485 g/mol. The van der Waals surface area contributed by atoms with Gasteiger partial charge >= 0.3 is 0 Å². The van der Waals surface area contributed by atoms with E-state index in [1.165, 1.54) is 45.3 Å². The van der Waals surface area contributed by atoms with Crippen LogP contribution in [-0.2, 0) is 24.6 Å². The molecule has 0 fully saturated rings. The number of aryl methyl sites for hydroxylation is 1. The Bertz CT molecular complexity index is 1220. The molecule has 0 bridgehead atoms. The smallest absolute Gasteiger partial charge is 0.266 e. The number of sulfone groups is 1. The van der Waals surface area contributed by atoms with Crippen molar-refractivity contribution in [2.24, 2.45) is 0 Å². The SMILES string of the molecule is C=C(OC(=S)c1cc(S(=O)(=O)CC)c(N)cc1OC)N(C)S(=O)(=O)c1ccc(C)cc1. The lowest BCUT2D eigenvalue weighted by Crippen LogP contribution is -2.28. The molecule has 2 aromatic carbocycles. The summed E-state index contributed by atoms with van der Waals surface area (Å²) in [5.74, 6) is -0.264. The first kappa shape index (κ1) is 24.6. The molecule has 2 N–H and O–H groups in total. The van der Waals surface area contributed by atoms with Crippen LogP contribution in [0.25, 0.3) is 0 Å². The highest BCUT2D eigenvalue weighted by atomic mass is 32.2. The molecule has 0 spiro atoms. The van der Waals surface area contributed by atoms with Gasteiger partial charge in [0.1, 0.15) is 5.75 Å². The van der Waals surface area contributed by atoms with Crippen LogP contribution in [0.4, 0.5) is 5.69 Å². The van der Waals surface area contributed by atoms with Gasteiger partial charge in [-0.25, -0.2) is 21.1 Å². The minimum atomic E-state index is -3.94. The van der Waals surface area contributed by atoms with Crippen molar-refractivity contribution >= 4 is 42.8 Å². The van der Waals surface area contributed by atoms with E-state index < -0.39 is 19.9 Å². The second kappa shape index (κ2) is 9.25. The van der Waals surface area contributed by atoms with Gasteiger partial charge in [0.15, 0.2) is 9.84 Å². The lowest BCUT2D eigenvalue weighted by molar-refractivity contribution is 0.321. The molecular formula is C20H24N2O6S3. The summed E-state index contributed by atoms with van der Waals surface area (Å²) < 4.78 is 61.9. The molecule has 0 heterocycles. The summed E-state index contributed by atoms with van der Waals surface area (Å²) in [4.78, 5) is -0.0688. The lowest BCUT2D eigenvalue weighted by Gasteiger charge is -2.22. The van der Waals surface area contributed by atoms with Crippen molar-refractivity contribution < 1.29 is 26.3 Å². The fourth-order valence-electron chi connectivity index (χ4n) is 2.56. The summed E-state index contributed by atoms with van der Waals surface area (Å²) in [6.07, 6.45) is 0. The molecule has 11 heteroatoms. The van der Waals surface area contributed by atoms with E-state index in [0.717, 1.165) is 9.87 Å². The van der Waals surface area contributed by atoms with Crippen molar-refractivity contribution in [3.63, 3.8) is 0 Å². The highest BCUT2D eigenvalue weighted by molar-refractivity contribution is 7.91.